The largest absolute Gasteiger partial charge is 0.507 e. The highest BCUT2D eigenvalue weighted by atomic mass is 19.4. The number of rotatable bonds is 5. The van der Waals surface area contributed by atoms with Crippen LogP contribution < -0.4 is 5.32 Å². The highest BCUT2D eigenvalue weighted by molar-refractivity contribution is 5.85. The number of aryl methyl sites for hydroxylation is 1. The van der Waals surface area contributed by atoms with E-state index in [0.29, 0.717) is 19.0 Å². The maximum Gasteiger partial charge on any atom is 0.434 e. The summed E-state index contributed by atoms with van der Waals surface area (Å²) in [6, 6.07) is 4.67. The third-order valence-corrected chi connectivity index (χ3v) is 4.15. The molecule has 3 rings (SSSR count). The predicted molar refractivity (Wildman–Crippen MR) is 83.9 cm³/mol. The first-order chi connectivity index (χ1) is 11.8. The van der Waals surface area contributed by atoms with Gasteiger partial charge in [0.2, 0.25) is 0 Å². The molecule has 2 aromatic rings. The highest BCUT2D eigenvalue weighted by Crippen LogP contribution is 2.31. The number of hydrogen-bond donors (Lipinski definition) is 2. The van der Waals surface area contributed by atoms with E-state index in [-0.39, 0.29) is 28.8 Å². The molecule has 1 fully saturated rings. The van der Waals surface area contributed by atoms with Crippen LogP contribution in [-0.4, -0.2) is 33.4 Å². The number of alkyl halides is 3. The Kier molecular flexibility index (Phi) is 4.71. The zero-order valence-electron chi connectivity index (χ0n) is 13.2. The molecule has 1 aliphatic heterocycles. The van der Waals surface area contributed by atoms with Crippen molar-refractivity contribution in [2.45, 2.75) is 31.5 Å². The molecule has 2 heterocycles. The Morgan fingerprint density at radius 1 is 1.28 bits per heavy atom. The third kappa shape index (κ3) is 3.96. The molecule has 0 saturated carbocycles. The number of Topliss-reactive ketones (excluding diaryl/α,β-unsaturated/α-hetero) is 1. The van der Waals surface area contributed by atoms with E-state index in [1.54, 1.807) is 12.1 Å². The van der Waals surface area contributed by atoms with Crippen LogP contribution in [-0.2, 0) is 17.4 Å². The summed E-state index contributed by atoms with van der Waals surface area (Å²) < 4.78 is 37.7. The van der Waals surface area contributed by atoms with Crippen LogP contribution in [0, 0.1) is 0 Å². The summed E-state index contributed by atoms with van der Waals surface area (Å²) >= 11 is 0. The molecule has 0 amide bonds. The molecule has 1 atom stereocenters. The highest BCUT2D eigenvalue weighted by Gasteiger charge is 2.32. The second kappa shape index (κ2) is 6.79. The normalized spacial score (nSPS) is 17.2. The second-order valence-corrected chi connectivity index (χ2v) is 5.90. The Labute approximate surface area is 141 Å². The van der Waals surface area contributed by atoms with Crippen molar-refractivity contribution in [2.24, 2.45) is 0 Å². The Hall–Kier alpha value is -2.48. The van der Waals surface area contributed by atoms with Crippen molar-refractivity contribution in [2.75, 3.05) is 6.54 Å². The lowest BCUT2D eigenvalue weighted by Crippen LogP contribution is -2.48. The van der Waals surface area contributed by atoms with Crippen LogP contribution in [0.2, 0.25) is 0 Å². The van der Waals surface area contributed by atoms with Crippen LogP contribution >= 0.6 is 0 Å². The summed E-state index contributed by atoms with van der Waals surface area (Å²) in [5.41, 5.74) is 0.125. The van der Waals surface area contributed by atoms with Crippen molar-refractivity contribution in [3.8, 4) is 17.0 Å². The van der Waals surface area contributed by atoms with Gasteiger partial charge in [-0.3, -0.25) is 9.78 Å². The fourth-order valence-corrected chi connectivity index (χ4v) is 2.56. The van der Waals surface area contributed by atoms with E-state index in [1.807, 2.05) is 0 Å². The van der Waals surface area contributed by atoms with Crippen molar-refractivity contribution in [1.82, 2.24) is 15.3 Å². The first-order valence-corrected chi connectivity index (χ1v) is 7.82. The van der Waals surface area contributed by atoms with Gasteiger partial charge < -0.3 is 10.4 Å². The number of phenolic OH excluding ortho intramolecular Hbond substituents is 1. The van der Waals surface area contributed by atoms with Crippen LogP contribution in [0.5, 0.6) is 5.75 Å². The van der Waals surface area contributed by atoms with Gasteiger partial charge in [0.05, 0.1) is 24.1 Å². The fraction of sp³-hybridized carbons (Fsp3) is 0.353. The Balaban J connectivity index is 1.75. The minimum Gasteiger partial charge on any atom is -0.507 e. The molecular formula is C17H16F3N3O2. The van der Waals surface area contributed by atoms with Crippen molar-refractivity contribution in [1.29, 1.82) is 0 Å². The number of ketones is 1. The minimum atomic E-state index is -4.56. The van der Waals surface area contributed by atoms with Gasteiger partial charge in [0, 0.05) is 12.0 Å². The monoisotopic (exact) mass is 351 g/mol. The first kappa shape index (κ1) is 17.3. The van der Waals surface area contributed by atoms with Gasteiger partial charge >= 0.3 is 6.18 Å². The van der Waals surface area contributed by atoms with Crippen LogP contribution in [0.25, 0.3) is 11.3 Å². The standard InChI is InChI=1S/C17H16F3N3O2/c18-17(19,20)16-9-22-13(8-23-16)11-7-10(1-3-14(11)24)2-4-15(25)12-5-6-21-12/h1,3,7-9,12,21,24H,2,4-6H2/t12-/m0/s1. The van der Waals surface area contributed by atoms with E-state index in [1.165, 1.54) is 6.07 Å². The second-order valence-electron chi connectivity index (χ2n) is 5.90. The molecule has 1 aromatic carbocycles. The molecule has 0 unspecified atom stereocenters. The summed E-state index contributed by atoms with van der Waals surface area (Å²) in [7, 11) is 0. The molecule has 0 spiro atoms. The summed E-state index contributed by atoms with van der Waals surface area (Å²) in [5, 5.41) is 13.0. The van der Waals surface area contributed by atoms with Gasteiger partial charge in [-0.25, -0.2) is 4.98 Å². The molecule has 8 heteroatoms. The van der Waals surface area contributed by atoms with Gasteiger partial charge in [-0.2, -0.15) is 13.2 Å². The number of aromatic hydroxyl groups is 1. The van der Waals surface area contributed by atoms with E-state index < -0.39 is 11.9 Å². The zero-order valence-corrected chi connectivity index (χ0v) is 13.2. The SMILES string of the molecule is O=C(CCc1ccc(O)c(-c2cnc(C(F)(F)F)cn2)c1)[C@@H]1CCN1. The Morgan fingerprint density at radius 2 is 2.04 bits per heavy atom. The van der Waals surface area contributed by atoms with E-state index in [2.05, 4.69) is 15.3 Å². The maximum atomic E-state index is 12.6. The van der Waals surface area contributed by atoms with Gasteiger partial charge in [-0.15, -0.1) is 0 Å². The average Bonchev–Trinajstić information content (AvgIpc) is 2.52. The smallest absolute Gasteiger partial charge is 0.434 e. The number of aromatic nitrogens is 2. The van der Waals surface area contributed by atoms with Crippen LogP contribution in [0.4, 0.5) is 13.2 Å². The molecule has 0 bridgehead atoms. The molecule has 1 saturated heterocycles. The first-order valence-electron chi connectivity index (χ1n) is 7.82. The van der Waals surface area contributed by atoms with Gasteiger partial charge in [-0.1, -0.05) is 6.07 Å². The number of phenols is 1. The summed E-state index contributed by atoms with van der Waals surface area (Å²) in [4.78, 5) is 19.0. The molecule has 2 N–H and O–H groups in total. The maximum absolute atomic E-state index is 12.6. The molecule has 5 nitrogen and oxygen atoms in total. The Bertz CT molecular complexity index is 772. The van der Waals surface area contributed by atoms with Crippen LogP contribution in [0.15, 0.2) is 30.6 Å². The molecule has 0 radical (unpaired) electrons. The lowest BCUT2D eigenvalue weighted by molar-refractivity contribution is -0.141. The molecule has 132 valence electrons. The summed E-state index contributed by atoms with van der Waals surface area (Å²) in [5.74, 6) is 0.0278. The molecule has 25 heavy (non-hydrogen) atoms. The van der Waals surface area contributed by atoms with Crippen molar-refractivity contribution < 1.29 is 23.1 Å². The number of hydrogen-bond acceptors (Lipinski definition) is 5. The summed E-state index contributed by atoms with van der Waals surface area (Å²) in [6.07, 6.45) is -1.26. The lowest BCUT2D eigenvalue weighted by atomic mass is 9.96. The van der Waals surface area contributed by atoms with Crippen molar-refractivity contribution in [3.05, 3.63) is 41.9 Å². The Morgan fingerprint density at radius 3 is 2.60 bits per heavy atom. The number of carbonyl (C=O) groups excluding carboxylic acids is 1. The topological polar surface area (TPSA) is 75.1 Å². The van der Waals surface area contributed by atoms with E-state index in [9.17, 15) is 23.1 Å². The number of halogens is 3. The number of nitrogens with one attached hydrogen (secondary N) is 1. The van der Waals surface area contributed by atoms with Crippen LogP contribution in [0.3, 0.4) is 0 Å². The summed E-state index contributed by atoms with van der Waals surface area (Å²) in [6.45, 7) is 0.854. The van der Waals surface area contributed by atoms with Crippen LogP contribution in [0.1, 0.15) is 24.1 Å². The average molecular weight is 351 g/mol. The predicted octanol–water partition coefficient (Wildman–Crippen LogP) is 2.73. The quantitative estimate of drug-likeness (QED) is 0.866. The molecule has 1 aromatic heterocycles. The fourth-order valence-electron chi connectivity index (χ4n) is 2.56. The molecular weight excluding hydrogens is 335 g/mol. The van der Waals surface area contributed by atoms with Crippen molar-refractivity contribution in [3.63, 3.8) is 0 Å². The van der Waals surface area contributed by atoms with E-state index in [0.717, 1.165) is 24.7 Å². The molecule has 1 aliphatic rings. The van der Waals surface area contributed by atoms with Gasteiger partial charge in [0.25, 0.3) is 0 Å². The van der Waals surface area contributed by atoms with Gasteiger partial charge in [-0.05, 0) is 37.1 Å². The van der Waals surface area contributed by atoms with E-state index in [4.69, 9.17) is 0 Å². The lowest BCUT2D eigenvalue weighted by Gasteiger charge is -2.26. The third-order valence-electron chi connectivity index (χ3n) is 4.15. The molecule has 0 aliphatic carbocycles. The van der Waals surface area contributed by atoms with Gasteiger partial charge in [0.1, 0.15) is 11.5 Å². The number of carbonyl (C=O) groups is 1. The number of nitrogens with zero attached hydrogens (tertiary/aromatic N) is 2. The minimum absolute atomic E-state index is 0.0719. The van der Waals surface area contributed by atoms with Gasteiger partial charge in [0.15, 0.2) is 5.69 Å². The van der Waals surface area contributed by atoms with Crippen molar-refractivity contribution >= 4 is 5.78 Å². The number of benzene rings is 1. The van der Waals surface area contributed by atoms with E-state index >= 15 is 0 Å². The zero-order chi connectivity index (χ0) is 18.0.